The lowest BCUT2D eigenvalue weighted by Crippen LogP contribution is -2.61. The molecule has 21 heteroatoms. The Hall–Kier alpha value is -4.20. The van der Waals surface area contributed by atoms with Crippen molar-refractivity contribution in [2.24, 2.45) is 11.7 Å². The lowest BCUT2D eigenvalue weighted by molar-refractivity contribution is -0.139. The van der Waals surface area contributed by atoms with Crippen molar-refractivity contribution in [3.63, 3.8) is 0 Å². The van der Waals surface area contributed by atoms with Crippen LogP contribution in [-0.2, 0) is 57.2 Å². The van der Waals surface area contributed by atoms with E-state index < -0.39 is 80.3 Å². The van der Waals surface area contributed by atoms with Crippen LogP contribution in [0.1, 0.15) is 57.5 Å². The molecule has 53 heavy (non-hydrogen) atoms. The summed E-state index contributed by atoms with van der Waals surface area (Å²) in [6.07, 6.45) is 3.23. The summed E-state index contributed by atoms with van der Waals surface area (Å²) < 4.78 is 17.6. The zero-order chi connectivity index (χ0) is 39.5. The van der Waals surface area contributed by atoms with E-state index in [9.17, 15) is 38.4 Å². The first kappa shape index (κ1) is 43.2. The number of thiophene rings is 1. The molecule has 0 bridgehead atoms. The number of aliphatic hydroxyl groups excluding tert-OH is 1. The van der Waals surface area contributed by atoms with Gasteiger partial charge in [-0.25, -0.2) is 9.55 Å². The SMILES string of the molecule is CC(=O)N1CCCC1C(=O)NC(CC(C)C)C(=O)NC(Cc1cncn1CCc1cccs1)C(=O)NC(CO)C(=O)NC(C(N)=O)C(C)OP(=O)(O)O. The van der Waals surface area contributed by atoms with E-state index in [4.69, 9.17) is 15.5 Å². The molecule has 294 valence electrons. The number of imidazole rings is 1. The zero-order valence-corrected chi connectivity index (χ0v) is 31.7. The highest BCUT2D eigenvalue weighted by molar-refractivity contribution is 7.46. The summed E-state index contributed by atoms with van der Waals surface area (Å²) in [5.74, 6) is -4.87. The fraction of sp³-hybridized carbons (Fsp3) is 0.594. The lowest BCUT2D eigenvalue weighted by atomic mass is 10.0. The number of amides is 6. The van der Waals surface area contributed by atoms with Crippen LogP contribution in [0.15, 0.2) is 30.0 Å². The van der Waals surface area contributed by atoms with Gasteiger partial charge in [-0.1, -0.05) is 19.9 Å². The maximum Gasteiger partial charge on any atom is 0.469 e. The van der Waals surface area contributed by atoms with Crippen molar-refractivity contribution < 1.29 is 52.7 Å². The second kappa shape index (κ2) is 19.8. The maximum absolute atomic E-state index is 13.9. The van der Waals surface area contributed by atoms with Crippen LogP contribution < -0.4 is 27.0 Å². The summed E-state index contributed by atoms with van der Waals surface area (Å²) in [5, 5.41) is 21.9. The van der Waals surface area contributed by atoms with Crippen LogP contribution in [0.2, 0.25) is 0 Å². The molecule has 0 spiro atoms. The first-order valence-electron chi connectivity index (χ1n) is 17.0. The molecule has 0 aromatic carbocycles. The number of hydrogen-bond acceptors (Lipinski definition) is 11. The number of nitrogens with one attached hydrogen (secondary N) is 4. The number of carbonyl (C=O) groups excluding carboxylic acids is 6. The molecule has 6 amide bonds. The van der Waals surface area contributed by atoms with E-state index in [0.29, 0.717) is 38.0 Å². The average Bonchev–Trinajstić information content (AvgIpc) is 3.85. The number of primary amides is 1. The van der Waals surface area contributed by atoms with Crippen molar-refractivity contribution in [3.8, 4) is 0 Å². The van der Waals surface area contributed by atoms with Gasteiger partial charge in [0.2, 0.25) is 35.4 Å². The van der Waals surface area contributed by atoms with Gasteiger partial charge < -0.3 is 51.4 Å². The van der Waals surface area contributed by atoms with E-state index in [-0.39, 0.29) is 24.7 Å². The van der Waals surface area contributed by atoms with E-state index in [2.05, 4.69) is 30.8 Å². The summed E-state index contributed by atoms with van der Waals surface area (Å²) in [6.45, 7) is 6.03. The second-order valence-electron chi connectivity index (χ2n) is 13.2. The number of aryl methyl sites for hydroxylation is 2. The molecular weight excluding hydrogens is 735 g/mol. The van der Waals surface area contributed by atoms with Gasteiger partial charge >= 0.3 is 7.82 Å². The molecule has 19 nitrogen and oxygen atoms in total. The third kappa shape index (κ3) is 13.3. The molecule has 1 aliphatic heterocycles. The number of nitrogens with zero attached hydrogens (tertiary/aromatic N) is 3. The van der Waals surface area contributed by atoms with E-state index in [1.807, 2.05) is 31.4 Å². The minimum absolute atomic E-state index is 0.0814. The van der Waals surface area contributed by atoms with E-state index >= 15 is 0 Å². The van der Waals surface area contributed by atoms with Gasteiger partial charge in [-0.15, -0.1) is 11.3 Å². The molecule has 1 saturated heterocycles. The molecule has 3 rings (SSSR count). The highest BCUT2D eigenvalue weighted by Crippen LogP contribution is 2.38. The van der Waals surface area contributed by atoms with Crippen molar-refractivity contribution in [2.75, 3.05) is 13.2 Å². The van der Waals surface area contributed by atoms with Crippen molar-refractivity contribution in [2.45, 2.75) is 103 Å². The second-order valence-corrected chi connectivity index (χ2v) is 15.4. The summed E-state index contributed by atoms with van der Waals surface area (Å²) in [6, 6.07) is -2.85. The van der Waals surface area contributed by atoms with Crippen LogP contribution in [0.3, 0.4) is 0 Å². The third-order valence-electron chi connectivity index (χ3n) is 8.52. The highest BCUT2D eigenvalue weighted by atomic mass is 32.1. The topological polar surface area (TPSA) is 285 Å². The standard InChI is InChI=1S/C32H49N8O11PS/c1-18(2)13-23(36-32(47)26-8-5-10-40(26)20(4)42)29(44)35-24(14-21-15-34-17-39(21)11-9-22-7-6-12-53-22)30(45)37-25(16-41)31(46)38-27(28(33)43)19(3)51-52(48,49)50/h6-7,12,15,17-19,23-27,41H,5,8-11,13-14,16H2,1-4H3,(H2,33,43)(H,35,44)(H,36,47)(H,37,45)(H,38,46)(H2,48,49,50). The molecule has 2 aromatic rings. The van der Waals surface area contributed by atoms with Crippen molar-refractivity contribution >= 4 is 54.6 Å². The predicted molar refractivity (Wildman–Crippen MR) is 190 cm³/mol. The van der Waals surface area contributed by atoms with Gasteiger partial charge in [-0.05, 0) is 50.0 Å². The molecule has 6 unspecified atom stereocenters. The Kier molecular flexibility index (Phi) is 16.1. The number of aliphatic hydroxyl groups is 1. The highest BCUT2D eigenvalue weighted by Gasteiger charge is 2.37. The number of rotatable bonds is 20. The van der Waals surface area contributed by atoms with Crippen LogP contribution in [0, 0.1) is 5.92 Å². The Bertz CT molecular complexity index is 1630. The van der Waals surface area contributed by atoms with Gasteiger partial charge in [-0.2, -0.15) is 0 Å². The number of carbonyl (C=O) groups is 6. The number of likely N-dealkylation sites (tertiary alicyclic amines) is 1. The molecule has 9 N–H and O–H groups in total. The normalized spacial score (nSPS) is 17.4. The average molecular weight is 785 g/mol. The largest absolute Gasteiger partial charge is 0.469 e. The summed E-state index contributed by atoms with van der Waals surface area (Å²) in [5.41, 5.74) is 5.85. The Morgan fingerprint density at radius 2 is 1.70 bits per heavy atom. The molecule has 6 atom stereocenters. The Morgan fingerprint density at radius 1 is 1.04 bits per heavy atom. The van der Waals surface area contributed by atoms with Crippen LogP contribution in [0.4, 0.5) is 0 Å². The first-order chi connectivity index (χ1) is 24.9. The summed E-state index contributed by atoms with van der Waals surface area (Å²) in [7, 11) is -5.10. The van der Waals surface area contributed by atoms with Gasteiger partial charge in [0.15, 0.2) is 0 Å². The van der Waals surface area contributed by atoms with Crippen molar-refractivity contribution in [1.29, 1.82) is 0 Å². The summed E-state index contributed by atoms with van der Waals surface area (Å²) in [4.78, 5) is 103. The van der Waals surface area contributed by atoms with Gasteiger partial charge in [0.1, 0.15) is 30.2 Å². The van der Waals surface area contributed by atoms with E-state index in [0.717, 1.165) is 11.8 Å². The quantitative estimate of drug-likeness (QED) is 0.0728. The summed E-state index contributed by atoms with van der Waals surface area (Å²) >= 11 is 1.58. The lowest BCUT2D eigenvalue weighted by Gasteiger charge is -2.28. The van der Waals surface area contributed by atoms with Crippen LogP contribution in [0.25, 0.3) is 0 Å². The van der Waals surface area contributed by atoms with Gasteiger partial charge in [0.05, 0.1) is 19.0 Å². The smallest absolute Gasteiger partial charge is 0.394 e. The first-order valence-corrected chi connectivity index (χ1v) is 19.4. The zero-order valence-electron chi connectivity index (χ0n) is 30.0. The molecule has 0 saturated carbocycles. The van der Waals surface area contributed by atoms with Gasteiger partial charge in [0.25, 0.3) is 0 Å². The van der Waals surface area contributed by atoms with E-state index in [1.165, 1.54) is 18.0 Å². The van der Waals surface area contributed by atoms with Gasteiger partial charge in [0, 0.05) is 43.2 Å². The number of hydrogen-bond donors (Lipinski definition) is 8. The van der Waals surface area contributed by atoms with E-state index in [1.54, 1.807) is 22.2 Å². The Morgan fingerprint density at radius 3 is 2.28 bits per heavy atom. The third-order valence-corrected chi connectivity index (χ3v) is 10.1. The molecule has 0 radical (unpaired) electrons. The van der Waals surface area contributed by atoms with Crippen LogP contribution in [0.5, 0.6) is 0 Å². The number of phosphoric ester groups is 1. The van der Waals surface area contributed by atoms with Crippen LogP contribution >= 0.6 is 19.2 Å². The number of nitrogens with two attached hydrogens (primary N) is 1. The van der Waals surface area contributed by atoms with Crippen LogP contribution in [-0.4, -0.2) is 114 Å². The Balaban J connectivity index is 1.86. The molecule has 1 aliphatic rings. The Labute approximate surface area is 310 Å². The number of phosphoric acid groups is 1. The molecule has 0 aliphatic carbocycles. The molecule has 3 heterocycles. The molecule has 1 fully saturated rings. The molecular formula is C32H49N8O11PS. The maximum atomic E-state index is 13.9. The number of aromatic nitrogens is 2. The minimum Gasteiger partial charge on any atom is -0.394 e. The van der Waals surface area contributed by atoms with Crippen molar-refractivity contribution in [3.05, 3.63) is 40.6 Å². The van der Waals surface area contributed by atoms with Gasteiger partial charge in [-0.3, -0.25) is 33.3 Å². The van der Waals surface area contributed by atoms with Crippen molar-refractivity contribution in [1.82, 2.24) is 35.7 Å². The predicted octanol–water partition coefficient (Wildman–Crippen LogP) is -1.30. The molecule has 2 aromatic heterocycles. The monoisotopic (exact) mass is 784 g/mol. The fourth-order valence-corrected chi connectivity index (χ4v) is 7.15. The fourth-order valence-electron chi connectivity index (χ4n) is 5.90. The minimum atomic E-state index is -5.10.